The van der Waals surface area contributed by atoms with Gasteiger partial charge >= 0.3 is 6.18 Å². The van der Waals surface area contributed by atoms with Crippen LogP contribution in [0.4, 0.5) is 13.2 Å². The lowest BCUT2D eigenvalue weighted by atomic mass is 9.75. The van der Waals surface area contributed by atoms with Gasteiger partial charge in [-0.1, -0.05) is 12.8 Å². The maximum atomic E-state index is 12.5. The first-order chi connectivity index (χ1) is 9.77. The van der Waals surface area contributed by atoms with Crippen molar-refractivity contribution in [2.45, 2.75) is 50.8 Å². The van der Waals surface area contributed by atoms with Crippen molar-refractivity contribution in [2.24, 2.45) is 11.3 Å². The van der Waals surface area contributed by atoms with Crippen molar-refractivity contribution >= 4 is 5.91 Å². The lowest BCUT2D eigenvalue weighted by molar-refractivity contribution is -0.166. The molecular formula is C14H22F3NO3. The molecule has 1 saturated carbocycles. The van der Waals surface area contributed by atoms with Gasteiger partial charge in [-0.2, -0.15) is 13.2 Å². The van der Waals surface area contributed by atoms with E-state index in [4.69, 9.17) is 5.11 Å². The minimum Gasteiger partial charge on any atom is -0.396 e. The summed E-state index contributed by atoms with van der Waals surface area (Å²) in [5.41, 5.74) is -0.355. The third-order valence-electron chi connectivity index (χ3n) is 4.84. The van der Waals surface area contributed by atoms with E-state index >= 15 is 0 Å². The highest BCUT2D eigenvalue weighted by Gasteiger charge is 2.47. The molecule has 0 aromatic rings. The Morgan fingerprint density at radius 2 is 1.95 bits per heavy atom. The smallest absolute Gasteiger partial charge is 0.389 e. The van der Waals surface area contributed by atoms with Gasteiger partial charge < -0.3 is 15.1 Å². The number of amides is 1. The zero-order chi connectivity index (χ0) is 15.7. The second kappa shape index (κ2) is 6.12. The van der Waals surface area contributed by atoms with Crippen molar-refractivity contribution in [1.82, 2.24) is 4.90 Å². The van der Waals surface area contributed by atoms with Crippen LogP contribution >= 0.6 is 0 Å². The molecule has 0 bridgehead atoms. The molecule has 1 saturated heterocycles. The van der Waals surface area contributed by atoms with E-state index in [9.17, 15) is 23.1 Å². The molecule has 2 rings (SSSR count). The predicted octanol–water partition coefficient (Wildman–Crippen LogP) is 1.70. The fourth-order valence-corrected chi connectivity index (χ4v) is 3.67. The first-order valence-electron chi connectivity index (χ1n) is 7.42. The van der Waals surface area contributed by atoms with Crippen molar-refractivity contribution in [3.8, 4) is 0 Å². The lowest BCUT2D eigenvalue weighted by Gasteiger charge is -2.45. The van der Waals surface area contributed by atoms with Gasteiger partial charge in [-0.05, 0) is 19.3 Å². The highest BCUT2D eigenvalue weighted by molar-refractivity contribution is 5.79. The summed E-state index contributed by atoms with van der Waals surface area (Å²) in [5.74, 6) is -2.08. The summed E-state index contributed by atoms with van der Waals surface area (Å²) in [6.07, 6.45) is -2.29. The second-order valence-electron chi connectivity index (χ2n) is 6.33. The minimum atomic E-state index is -4.47. The number of hydrogen-bond donors (Lipinski definition) is 2. The van der Waals surface area contributed by atoms with E-state index < -0.39 is 37.1 Å². The molecule has 4 nitrogen and oxygen atoms in total. The molecule has 122 valence electrons. The average molecular weight is 309 g/mol. The average Bonchev–Trinajstić information content (AvgIpc) is 2.87. The van der Waals surface area contributed by atoms with Gasteiger partial charge in [0.1, 0.15) is 0 Å². The molecule has 1 aliphatic carbocycles. The fourth-order valence-electron chi connectivity index (χ4n) is 3.67. The van der Waals surface area contributed by atoms with Gasteiger partial charge in [-0.3, -0.25) is 4.79 Å². The molecule has 1 amide bonds. The summed E-state index contributed by atoms with van der Waals surface area (Å²) in [6, 6.07) is 0. The molecule has 1 aliphatic heterocycles. The van der Waals surface area contributed by atoms with Crippen LogP contribution < -0.4 is 0 Å². The molecule has 7 heteroatoms. The van der Waals surface area contributed by atoms with E-state index in [1.807, 2.05) is 0 Å². The summed E-state index contributed by atoms with van der Waals surface area (Å²) in [5, 5.41) is 19.3. The van der Waals surface area contributed by atoms with Gasteiger partial charge in [-0.25, -0.2) is 0 Å². The molecule has 1 heterocycles. The Kier molecular flexibility index (Phi) is 4.82. The maximum Gasteiger partial charge on any atom is 0.389 e. The van der Waals surface area contributed by atoms with E-state index in [1.165, 1.54) is 4.90 Å². The van der Waals surface area contributed by atoms with Gasteiger partial charge in [0.25, 0.3) is 0 Å². The van der Waals surface area contributed by atoms with Crippen LogP contribution in [0.25, 0.3) is 0 Å². The molecular weight excluding hydrogens is 287 g/mol. The maximum absolute atomic E-state index is 12.5. The van der Waals surface area contributed by atoms with Crippen LogP contribution in [0.1, 0.15) is 38.5 Å². The second-order valence-corrected chi connectivity index (χ2v) is 6.33. The number of halogens is 3. The monoisotopic (exact) mass is 309 g/mol. The van der Waals surface area contributed by atoms with Crippen LogP contribution in [0, 0.1) is 11.3 Å². The zero-order valence-electron chi connectivity index (χ0n) is 11.9. The van der Waals surface area contributed by atoms with Gasteiger partial charge in [0.15, 0.2) is 0 Å². The van der Waals surface area contributed by atoms with Crippen LogP contribution in [0.3, 0.4) is 0 Å². The van der Waals surface area contributed by atoms with Crippen molar-refractivity contribution < 1.29 is 28.2 Å². The van der Waals surface area contributed by atoms with Gasteiger partial charge in [0.2, 0.25) is 5.91 Å². The number of likely N-dealkylation sites (tertiary alicyclic amines) is 1. The normalized spacial score (nSPS) is 27.1. The Balaban J connectivity index is 2.05. The summed E-state index contributed by atoms with van der Waals surface area (Å²) >= 11 is 0. The van der Waals surface area contributed by atoms with Crippen molar-refractivity contribution in [3.05, 3.63) is 0 Å². The number of rotatable bonds is 3. The standard InChI is InChI=1S/C14H22F3NO3/c15-14(16,17)7-10(8-19)12(21)18-6-3-11(20)13(9-18)4-1-2-5-13/h10-11,19-20H,1-9H2/t10-,11-/m0/s1. The quantitative estimate of drug-likeness (QED) is 0.834. The number of hydrogen-bond acceptors (Lipinski definition) is 3. The first kappa shape index (κ1) is 16.5. The highest BCUT2D eigenvalue weighted by Crippen LogP contribution is 2.45. The van der Waals surface area contributed by atoms with Gasteiger partial charge in [0.05, 0.1) is 25.0 Å². The van der Waals surface area contributed by atoms with Crippen LogP contribution in [0.5, 0.6) is 0 Å². The third kappa shape index (κ3) is 3.69. The summed E-state index contributed by atoms with van der Waals surface area (Å²) in [7, 11) is 0. The van der Waals surface area contributed by atoms with E-state index in [-0.39, 0.29) is 12.0 Å². The minimum absolute atomic E-state index is 0.260. The number of carbonyl (C=O) groups excluding carboxylic acids is 1. The third-order valence-corrected chi connectivity index (χ3v) is 4.84. The topological polar surface area (TPSA) is 60.8 Å². The number of aliphatic hydroxyl groups excluding tert-OH is 2. The van der Waals surface area contributed by atoms with Crippen LogP contribution in [0.15, 0.2) is 0 Å². The van der Waals surface area contributed by atoms with Gasteiger partial charge in [0, 0.05) is 18.5 Å². The van der Waals surface area contributed by atoms with Crippen molar-refractivity contribution in [2.75, 3.05) is 19.7 Å². The largest absolute Gasteiger partial charge is 0.396 e. The molecule has 0 radical (unpaired) electrons. The SMILES string of the molecule is O=C([C@H](CO)CC(F)(F)F)N1CC[C@H](O)C2(CCCC2)C1. The molecule has 0 aromatic heterocycles. The summed E-state index contributed by atoms with van der Waals surface area (Å²) in [4.78, 5) is 13.6. The molecule has 0 aromatic carbocycles. The molecule has 2 fully saturated rings. The van der Waals surface area contributed by atoms with E-state index in [1.54, 1.807) is 0 Å². The van der Waals surface area contributed by atoms with Gasteiger partial charge in [-0.15, -0.1) is 0 Å². The van der Waals surface area contributed by atoms with Crippen molar-refractivity contribution in [1.29, 1.82) is 0 Å². The summed E-state index contributed by atoms with van der Waals surface area (Å²) < 4.78 is 37.4. The lowest BCUT2D eigenvalue weighted by Crippen LogP contribution is -2.54. The van der Waals surface area contributed by atoms with Crippen LogP contribution in [-0.2, 0) is 4.79 Å². The Labute approximate surface area is 121 Å². The predicted molar refractivity (Wildman–Crippen MR) is 69.4 cm³/mol. The van der Waals surface area contributed by atoms with E-state index in [2.05, 4.69) is 0 Å². The fraction of sp³-hybridized carbons (Fsp3) is 0.929. The Hall–Kier alpha value is -0.820. The number of alkyl halides is 3. The highest BCUT2D eigenvalue weighted by atomic mass is 19.4. The number of carbonyl (C=O) groups is 1. The van der Waals surface area contributed by atoms with Crippen LogP contribution in [-0.4, -0.2) is 53.0 Å². The molecule has 2 aliphatic rings. The molecule has 0 unspecified atom stereocenters. The molecule has 21 heavy (non-hydrogen) atoms. The Morgan fingerprint density at radius 1 is 1.33 bits per heavy atom. The Bertz CT molecular complexity index is 380. The number of aliphatic hydroxyl groups is 2. The Morgan fingerprint density at radius 3 is 2.48 bits per heavy atom. The van der Waals surface area contributed by atoms with Crippen molar-refractivity contribution in [3.63, 3.8) is 0 Å². The molecule has 1 spiro atoms. The summed E-state index contributed by atoms with van der Waals surface area (Å²) in [6.45, 7) is -0.234. The molecule has 2 N–H and O–H groups in total. The molecule has 2 atom stereocenters. The zero-order valence-corrected chi connectivity index (χ0v) is 11.9. The van der Waals surface area contributed by atoms with E-state index in [0.717, 1.165) is 25.7 Å². The number of piperidine rings is 1. The number of nitrogens with zero attached hydrogens (tertiary/aromatic N) is 1. The first-order valence-corrected chi connectivity index (χ1v) is 7.42. The van der Waals surface area contributed by atoms with E-state index in [0.29, 0.717) is 13.0 Å². The van der Waals surface area contributed by atoms with Crippen LogP contribution in [0.2, 0.25) is 0 Å².